The molecule has 0 aromatic heterocycles. The first-order valence-corrected chi connectivity index (χ1v) is 6.15. The second-order valence-electron chi connectivity index (χ2n) is 3.56. The molecular formula is C10H19N3O3S. The van der Waals surface area contributed by atoms with Crippen LogP contribution < -0.4 is 10.6 Å². The highest BCUT2D eigenvalue weighted by molar-refractivity contribution is 7.80. The van der Waals surface area contributed by atoms with Gasteiger partial charge >= 0.3 is 6.09 Å². The highest BCUT2D eigenvalue weighted by Crippen LogP contribution is 1.94. The maximum Gasteiger partial charge on any atom is 0.413 e. The third kappa shape index (κ3) is 6.40. The molecule has 1 aliphatic heterocycles. The van der Waals surface area contributed by atoms with Crippen LogP contribution in [0.4, 0.5) is 4.79 Å². The molecule has 1 fully saturated rings. The molecule has 0 spiro atoms. The molecule has 1 amide bonds. The summed E-state index contributed by atoms with van der Waals surface area (Å²) in [5, 5.41) is 5.69. The van der Waals surface area contributed by atoms with Gasteiger partial charge in [0, 0.05) is 26.2 Å². The zero-order valence-electron chi connectivity index (χ0n) is 10.0. The number of ether oxygens (including phenoxy) is 2. The van der Waals surface area contributed by atoms with Gasteiger partial charge in [-0.05, 0) is 19.1 Å². The summed E-state index contributed by atoms with van der Waals surface area (Å²) in [5.74, 6) is 0. The average Bonchev–Trinajstić information content (AvgIpc) is 2.30. The van der Waals surface area contributed by atoms with E-state index < -0.39 is 6.09 Å². The Morgan fingerprint density at radius 2 is 2.18 bits per heavy atom. The van der Waals surface area contributed by atoms with Crippen LogP contribution in [0.5, 0.6) is 0 Å². The number of nitrogens with zero attached hydrogens (tertiary/aromatic N) is 1. The van der Waals surface area contributed by atoms with E-state index >= 15 is 0 Å². The third-order valence-electron chi connectivity index (χ3n) is 2.31. The molecule has 7 heteroatoms. The Morgan fingerprint density at radius 3 is 2.82 bits per heavy atom. The van der Waals surface area contributed by atoms with E-state index in [1.54, 1.807) is 6.92 Å². The van der Waals surface area contributed by atoms with Crippen LogP contribution in [0.2, 0.25) is 0 Å². The van der Waals surface area contributed by atoms with Crippen LogP contribution in [-0.2, 0) is 9.47 Å². The minimum absolute atomic E-state index is 0.303. The Balaban J connectivity index is 2.05. The predicted octanol–water partition coefficient (Wildman–Crippen LogP) is -0.0608. The maximum atomic E-state index is 11.0. The van der Waals surface area contributed by atoms with Crippen molar-refractivity contribution in [1.82, 2.24) is 15.5 Å². The number of amides is 1. The Hall–Kier alpha value is -0.920. The van der Waals surface area contributed by atoms with Crippen molar-refractivity contribution in [3.8, 4) is 0 Å². The summed E-state index contributed by atoms with van der Waals surface area (Å²) in [6.45, 7) is 7.12. The van der Waals surface area contributed by atoms with E-state index in [0.29, 0.717) is 18.3 Å². The minimum Gasteiger partial charge on any atom is -0.450 e. The Bertz CT molecular complexity index is 257. The second-order valence-corrected chi connectivity index (χ2v) is 3.96. The van der Waals surface area contributed by atoms with E-state index in [1.807, 2.05) is 0 Å². The van der Waals surface area contributed by atoms with Gasteiger partial charge in [-0.25, -0.2) is 4.79 Å². The Kier molecular flexibility index (Phi) is 6.83. The van der Waals surface area contributed by atoms with Gasteiger partial charge in [-0.15, -0.1) is 0 Å². The largest absolute Gasteiger partial charge is 0.450 e. The number of hydrogen-bond donors (Lipinski definition) is 2. The van der Waals surface area contributed by atoms with Crippen LogP contribution in [0.25, 0.3) is 0 Å². The highest BCUT2D eigenvalue weighted by atomic mass is 32.1. The number of carbonyl (C=O) groups excluding carboxylic acids is 1. The lowest BCUT2D eigenvalue weighted by Crippen LogP contribution is -2.45. The van der Waals surface area contributed by atoms with Crippen LogP contribution in [-0.4, -0.2) is 62.1 Å². The summed E-state index contributed by atoms with van der Waals surface area (Å²) in [6.07, 6.45) is -0.517. The van der Waals surface area contributed by atoms with Crippen molar-refractivity contribution in [1.29, 1.82) is 0 Å². The van der Waals surface area contributed by atoms with Gasteiger partial charge in [0.25, 0.3) is 0 Å². The van der Waals surface area contributed by atoms with Crippen molar-refractivity contribution in [3.63, 3.8) is 0 Å². The van der Waals surface area contributed by atoms with E-state index in [4.69, 9.17) is 21.7 Å². The van der Waals surface area contributed by atoms with Gasteiger partial charge in [-0.2, -0.15) is 0 Å². The third-order valence-corrected chi connectivity index (χ3v) is 2.55. The molecule has 0 radical (unpaired) electrons. The molecule has 1 heterocycles. The summed E-state index contributed by atoms with van der Waals surface area (Å²) >= 11 is 4.95. The number of hydrogen-bond acceptors (Lipinski definition) is 5. The van der Waals surface area contributed by atoms with Gasteiger partial charge in [-0.3, -0.25) is 10.2 Å². The van der Waals surface area contributed by atoms with Crippen molar-refractivity contribution in [2.24, 2.45) is 0 Å². The van der Waals surface area contributed by atoms with Crippen LogP contribution in [0.1, 0.15) is 6.92 Å². The molecule has 0 unspecified atom stereocenters. The molecule has 2 N–H and O–H groups in total. The highest BCUT2D eigenvalue weighted by Gasteiger charge is 2.10. The van der Waals surface area contributed by atoms with Crippen LogP contribution >= 0.6 is 12.2 Å². The van der Waals surface area contributed by atoms with Gasteiger partial charge in [0.05, 0.1) is 19.8 Å². The van der Waals surface area contributed by atoms with Crippen LogP contribution in [0, 0.1) is 0 Å². The molecule has 0 saturated carbocycles. The molecule has 1 rings (SSSR count). The fraction of sp³-hybridized carbons (Fsp3) is 0.800. The normalized spacial score (nSPS) is 16.3. The average molecular weight is 261 g/mol. The quantitative estimate of drug-likeness (QED) is 0.691. The molecule has 0 aliphatic carbocycles. The molecule has 0 bridgehead atoms. The monoisotopic (exact) mass is 261 g/mol. The summed E-state index contributed by atoms with van der Waals surface area (Å²) in [4.78, 5) is 13.3. The molecule has 0 atom stereocenters. The molecule has 98 valence electrons. The smallest absolute Gasteiger partial charge is 0.413 e. The van der Waals surface area contributed by atoms with Gasteiger partial charge in [0.15, 0.2) is 5.11 Å². The fourth-order valence-corrected chi connectivity index (χ4v) is 1.64. The number of morpholine rings is 1. The lowest BCUT2D eigenvalue weighted by atomic mass is 10.4. The van der Waals surface area contributed by atoms with Gasteiger partial charge in [0.1, 0.15) is 0 Å². The van der Waals surface area contributed by atoms with Crippen molar-refractivity contribution >= 4 is 23.4 Å². The molecule has 6 nitrogen and oxygen atoms in total. The first-order valence-electron chi connectivity index (χ1n) is 5.74. The number of rotatable bonds is 4. The molecule has 17 heavy (non-hydrogen) atoms. The lowest BCUT2D eigenvalue weighted by molar-refractivity contribution is 0.0389. The molecule has 1 aliphatic rings. The van der Waals surface area contributed by atoms with Gasteiger partial charge in [0.2, 0.25) is 0 Å². The lowest BCUT2D eigenvalue weighted by Gasteiger charge is -2.26. The number of alkyl carbamates (subject to hydrolysis) is 1. The molecule has 0 aromatic rings. The van der Waals surface area contributed by atoms with Gasteiger partial charge < -0.3 is 14.8 Å². The SMILES string of the molecule is CCOC(=O)NC(=S)NCCN1CCOCC1. The number of thiocarbonyl (C=S) groups is 1. The van der Waals surface area contributed by atoms with Crippen molar-refractivity contribution in [2.75, 3.05) is 46.0 Å². The van der Waals surface area contributed by atoms with E-state index in [9.17, 15) is 4.79 Å². The van der Waals surface area contributed by atoms with E-state index in [0.717, 1.165) is 32.8 Å². The zero-order chi connectivity index (χ0) is 12.5. The Labute approximate surface area is 107 Å². The standard InChI is InChI=1S/C10H19N3O3S/c1-2-16-10(14)12-9(17)11-3-4-13-5-7-15-8-6-13/h2-8H2,1H3,(H2,11,12,14,17). The fourth-order valence-electron chi connectivity index (χ4n) is 1.46. The molecule has 1 saturated heterocycles. The van der Waals surface area contributed by atoms with Crippen molar-refractivity contribution < 1.29 is 14.3 Å². The summed E-state index contributed by atoms with van der Waals surface area (Å²) in [5.41, 5.74) is 0. The summed E-state index contributed by atoms with van der Waals surface area (Å²) < 4.78 is 9.95. The topological polar surface area (TPSA) is 62.8 Å². The first kappa shape index (κ1) is 14.1. The zero-order valence-corrected chi connectivity index (χ0v) is 10.8. The Morgan fingerprint density at radius 1 is 1.47 bits per heavy atom. The predicted molar refractivity (Wildman–Crippen MR) is 68.0 cm³/mol. The summed E-state index contributed by atoms with van der Waals surface area (Å²) in [6, 6.07) is 0. The van der Waals surface area contributed by atoms with Crippen LogP contribution in [0.15, 0.2) is 0 Å². The maximum absolute atomic E-state index is 11.0. The van der Waals surface area contributed by atoms with Crippen molar-refractivity contribution in [3.05, 3.63) is 0 Å². The minimum atomic E-state index is -0.517. The number of carbonyl (C=O) groups is 1. The molecular weight excluding hydrogens is 242 g/mol. The first-order chi connectivity index (χ1) is 8.22. The van der Waals surface area contributed by atoms with Gasteiger partial charge in [-0.1, -0.05) is 0 Å². The second kappa shape index (κ2) is 8.21. The van der Waals surface area contributed by atoms with E-state index in [-0.39, 0.29) is 0 Å². The van der Waals surface area contributed by atoms with Crippen molar-refractivity contribution in [2.45, 2.75) is 6.92 Å². The number of nitrogens with one attached hydrogen (secondary N) is 2. The molecule has 0 aromatic carbocycles. The van der Waals surface area contributed by atoms with Crippen LogP contribution in [0.3, 0.4) is 0 Å². The van der Waals surface area contributed by atoms with E-state index in [1.165, 1.54) is 0 Å². The summed E-state index contributed by atoms with van der Waals surface area (Å²) in [7, 11) is 0. The van der Waals surface area contributed by atoms with E-state index in [2.05, 4.69) is 15.5 Å².